The Kier molecular flexibility index (Phi) is 5.77. The van der Waals surface area contributed by atoms with Gasteiger partial charge >= 0.3 is 0 Å². The lowest BCUT2D eigenvalue weighted by Gasteiger charge is -2.04. The number of benzene rings is 1. The SMILES string of the molecule is COc1ccc(Cn2cc(C(=O)CBr)c(CC(C)C)n2)cc1. The lowest BCUT2D eigenvalue weighted by Crippen LogP contribution is -2.05. The number of ether oxygens (including phenoxy) is 1. The lowest BCUT2D eigenvalue weighted by atomic mass is 10.0. The molecule has 0 aliphatic carbocycles. The molecular formula is C17H21BrN2O2. The van der Waals surface area contributed by atoms with Crippen molar-refractivity contribution < 1.29 is 9.53 Å². The largest absolute Gasteiger partial charge is 0.497 e. The maximum absolute atomic E-state index is 12.0. The van der Waals surface area contributed by atoms with Gasteiger partial charge in [0, 0.05) is 6.20 Å². The van der Waals surface area contributed by atoms with Gasteiger partial charge in [-0.05, 0) is 30.0 Å². The fourth-order valence-corrected chi connectivity index (χ4v) is 2.60. The van der Waals surface area contributed by atoms with Crippen LogP contribution in [0.5, 0.6) is 5.75 Å². The summed E-state index contributed by atoms with van der Waals surface area (Å²) in [5.41, 5.74) is 2.73. The molecule has 0 bridgehead atoms. The van der Waals surface area contributed by atoms with Crippen molar-refractivity contribution in [3.8, 4) is 5.75 Å². The summed E-state index contributed by atoms with van der Waals surface area (Å²) in [6, 6.07) is 7.88. The van der Waals surface area contributed by atoms with Crippen LogP contribution in [0.1, 0.15) is 35.5 Å². The van der Waals surface area contributed by atoms with Gasteiger partial charge in [0.2, 0.25) is 0 Å². The first-order valence-electron chi connectivity index (χ1n) is 7.32. The number of Topliss-reactive ketones (excluding diaryl/α,β-unsaturated/α-hetero) is 1. The minimum atomic E-state index is 0.0802. The summed E-state index contributed by atoms with van der Waals surface area (Å²) in [5, 5.41) is 4.93. The predicted octanol–water partition coefficient (Wildman–Crippen LogP) is 3.72. The van der Waals surface area contributed by atoms with Crippen LogP contribution >= 0.6 is 15.9 Å². The molecule has 0 amide bonds. The second kappa shape index (κ2) is 7.58. The van der Waals surface area contributed by atoms with E-state index in [2.05, 4.69) is 34.9 Å². The maximum Gasteiger partial charge on any atom is 0.176 e. The Morgan fingerprint density at radius 2 is 2.00 bits per heavy atom. The average molecular weight is 365 g/mol. The zero-order valence-electron chi connectivity index (χ0n) is 13.2. The number of nitrogens with zero attached hydrogens (tertiary/aromatic N) is 2. The van der Waals surface area contributed by atoms with Crippen molar-refractivity contribution in [1.29, 1.82) is 0 Å². The summed E-state index contributed by atoms with van der Waals surface area (Å²) in [5.74, 6) is 1.38. The van der Waals surface area contributed by atoms with Gasteiger partial charge in [-0.3, -0.25) is 9.48 Å². The minimum Gasteiger partial charge on any atom is -0.497 e. The van der Waals surface area contributed by atoms with E-state index in [1.165, 1.54) is 0 Å². The highest BCUT2D eigenvalue weighted by Gasteiger charge is 2.16. The highest BCUT2D eigenvalue weighted by atomic mass is 79.9. The van der Waals surface area contributed by atoms with Crippen LogP contribution in [0.25, 0.3) is 0 Å². The number of hydrogen-bond donors (Lipinski definition) is 0. The number of carbonyl (C=O) groups excluding carboxylic acids is 1. The number of carbonyl (C=O) groups is 1. The molecule has 0 radical (unpaired) electrons. The standard InChI is InChI=1S/C17H21BrN2O2/c1-12(2)8-16-15(17(21)9-18)11-20(19-16)10-13-4-6-14(22-3)7-5-13/h4-7,11-12H,8-10H2,1-3H3. The maximum atomic E-state index is 12.0. The van der Waals surface area contributed by atoms with Crippen molar-refractivity contribution in [2.75, 3.05) is 12.4 Å². The second-order valence-electron chi connectivity index (χ2n) is 5.69. The Morgan fingerprint density at radius 1 is 1.32 bits per heavy atom. The first kappa shape index (κ1) is 16.7. The molecule has 1 heterocycles. The molecule has 22 heavy (non-hydrogen) atoms. The Labute approximate surface area is 139 Å². The Bertz CT molecular complexity index is 633. The molecule has 0 aliphatic rings. The molecule has 0 fully saturated rings. The molecule has 0 spiro atoms. The van der Waals surface area contributed by atoms with Crippen LogP contribution in [-0.4, -0.2) is 28.0 Å². The molecule has 5 heteroatoms. The molecule has 0 atom stereocenters. The summed E-state index contributed by atoms with van der Waals surface area (Å²) < 4.78 is 7.00. The van der Waals surface area contributed by atoms with E-state index < -0.39 is 0 Å². The Morgan fingerprint density at radius 3 is 2.55 bits per heavy atom. The van der Waals surface area contributed by atoms with Gasteiger partial charge in [-0.2, -0.15) is 5.10 Å². The van der Waals surface area contributed by atoms with Crippen molar-refractivity contribution in [2.24, 2.45) is 5.92 Å². The average Bonchev–Trinajstić information content (AvgIpc) is 2.89. The molecule has 0 unspecified atom stereocenters. The lowest BCUT2D eigenvalue weighted by molar-refractivity contribution is 0.102. The molecule has 0 N–H and O–H groups in total. The number of rotatable bonds is 7. The van der Waals surface area contributed by atoms with Crippen LogP contribution < -0.4 is 4.74 Å². The zero-order chi connectivity index (χ0) is 16.1. The fraction of sp³-hybridized carbons (Fsp3) is 0.412. The molecule has 118 valence electrons. The Balaban J connectivity index is 2.22. The number of methoxy groups -OCH3 is 1. The first-order valence-corrected chi connectivity index (χ1v) is 8.44. The van der Waals surface area contributed by atoms with Gasteiger partial charge in [-0.25, -0.2) is 0 Å². The van der Waals surface area contributed by atoms with E-state index in [1.807, 2.05) is 35.1 Å². The zero-order valence-corrected chi connectivity index (χ0v) is 14.8. The highest BCUT2D eigenvalue weighted by Crippen LogP contribution is 2.16. The number of alkyl halides is 1. The molecule has 0 saturated heterocycles. The van der Waals surface area contributed by atoms with Gasteiger partial charge in [0.15, 0.2) is 5.78 Å². The third kappa shape index (κ3) is 4.19. The number of aromatic nitrogens is 2. The monoisotopic (exact) mass is 364 g/mol. The van der Waals surface area contributed by atoms with E-state index in [4.69, 9.17) is 4.74 Å². The van der Waals surface area contributed by atoms with Gasteiger partial charge in [0.05, 0.1) is 30.2 Å². The molecule has 2 rings (SSSR count). The number of ketones is 1. The van der Waals surface area contributed by atoms with Crippen LogP contribution in [0.3, 0.4) is 0 Å². The van der Waals surface area contributed by atoms with Crippen LogP contribution in [0.2, 0.25) is 0 Å². The number of halogens is 1. The molecule has 1 aromatic heterocycles. The van der Waals surface area contributed by atoms with Crippen LogP contribution in [0, 0.1) is 5.92 Å². The van der Waals surface area contributed by atoms with E-state index in [0.717, 1.165) is 29.0 Å². The summed E-state index contributed by atoms with van der Waals surface area (Å²) in [7, 11) is 1.65. The van der Waals surface area contributed by atoms with Gasteiger partial charge in [-0.15, -0.1) is 0 Å². The van der Waals surface area contributed by atoms with Crippen molar-refractivity contribution in [3.63, 3.8) is 0 Å². The topological polar surface area (TPSA) is 44.1 Å². The van der Waals surface area contributed by atoms with E-state index in [0.29, 0.717) is 17.8 Å². The van der Waals surface area contributed by atoms with Crippen LogP contribution in [-0.2, 0) is 13.0 Å². The van der Waals surface area contributed by atoms with Crippen molar-refractivity contribution >= 4 is 21.7 Å². The van der Waals surface area contributed by atoms with Crippen molar-refractivity contribution in [3.05, 3.63) is 47.3 Å². The van der Waals surface area contributed by atoms with Gasteiger partial charge in [0.25, 0.3) is 0 Å². The highest BCUT2D eigenvalue weighted by molar-refractivity contribution is 9.09. The third-order valence-electron chi connectivity index (χ3n) is 3.37. The normalized spacial score (nSPS) is 11.0. The van der Waals surface area contributed by atoms with Crippen LogP contribution in [0.15, 0.2) is 30.5 Å². The summed E-state index contributed by atoms with van der Waals surface area (Å²) >= 11 is 3.24. The second-order valence-corrected chi connectivity index (χ2v) is 6.25. The summed E-state index contributed by atoms with van der Waals surface area (Å²) in [6.07, 6.45) is 2.66. The first-order chi connectivity index (χ1) is 10.5. The number of hydrogen-bond acceptors (Lipinski definition) is 3. The van der Waals surface area contributed by atoms with Crippen molar-refractivity contribution in [2.45, 2.75) is 26.8 Å². The molecule has 1 aromatic carbocycles. The van der Waals surface area contributed by atoms with Gasteiger partial charge in [-0.1, -0.05) is 41.9 Å². The van der Waals surface area contributed by atoms with E-state index in [9.17, 15) is 4.79 Å². The smallest absolute Gasteiger partial charge is 0.176 e. The van der Waals surface area contributed by atoms with Crippen LogP contribution in [0.4, 0.5) is 0 Å². The summed E-state index contributed by atoms with van der Waals surface area (Å²) in [4.78, 5) is 12.0. The molecule has 0 aliphatic heterocycles. The van der Waals surface area contributed by atoms with E-state index >= 15 is 0 Å². The summed E-state index contributed by atoms with van der Waals surface area (Å²) in [6.45, 7) is 4.90. The van der Waals surface area contributed by atoms with Crippen molar-refractivity contribution in [1.82, 2.24) is 9.78 Å². The fourth-order valence-electron chi connectivity index (χ4n) is 2.30. The predicted molar refractivity (Wildman–Crippen MR) is 91.0 cm³/mol. The van der Waals surface area contributed by atoms with E-state index in [-0.39, 0.29) is 5.78 Å². The van der Waals surface area contributed by atoms with Gasteiger partial charge in [0.1, 0.15) is 5.75 Å². The Hall–Kier alpha value is -1.62. The molecular weight excluding hydrogens is 344 g/mol. The third-order valence-corrected chi connectivity index (χ3v) is 3.87. The van der Waals surface area contributed by atoms with Gasteiger partial charge < -0.3 is 4.74 Å². The minimum absolute atomic E-state index is 0.0802. The quantitative estimate of drug-likeness (QED) is 0.555. The van der Waals surface area contributed by atoms with E-state index in [1.54, 1.807) is 7.11 Å². The molecule has 0 saturated carbocycles. The molecule has 2 aromatic rings. The molecule has 4 nitrogen and oxygen atoms in total.